The third-order valence-electron chi connectivity index (χ3n) is 2.26. The summed E-state index contributed by atoms with van der Waals surface area (Å²) in [7, 11) is 0. The number of rotatable bonds is 1. The molecule has 13 heavy (non-hydrogen) atoms. The topological polar surface area (TPSA) is 0 Å². The van der Waals surface area contributed by atoms with Crippen LogP contribution in [0.2, 0.25) is 0 Å². The molecule has 0 nitrogen and oxygen atoms in total. The molecule has 0 aromatic heterocycles. The Bertz CT molecular complexity index is 373. The maximum absolute atomic E-state index is 2.24. The first kappa shape index (κ1) is 10.1. The van der Waals surface area contributed by atoms with E-state index in [9.17, 15) is 0 Å². The van der Waals surface area contributed by atoms with Crippen LogP contribution in [0, 0.1) is 13.8 Å². The summed E-state index contributed by atoms with van der Waals surface area (Å²) >= 11 is 0. The molecule has 0 fully saturated rings. The molecule has 1 aliphatic carbocycles. The molecule has 0 spiro atoms. The van der Waals surface area contributed by atoms with Gasteiger partial charge in [-0.2, -0.15) is 0 Å². The van der Waals surface area contributed by atoms with Gasteiger partial charge in [0.2, 0.25) is 0 Å². The Balaban J connectivity index is 0.000000845. The van der Waals surface area contributed by atoms with Crippen LogP contribution in [-0.2, 0) is 0 Å². The Kier molecular flexibility index (Phi) is 2.94. The van der Waals surface area contributed by atoms with Gasteiger partial charge in [0.05, 0.1) is 0 Å². The molecule has 1 aliphatic rings. The summed E-state index contributed by atoms with van der Waals surface area (Å²) in [6, 6.07) is 6.57. The van der Waals surface area contributed by atoms with Gasteiger partial charge < -0.3 is 0 Å². The van der Waals surface area contributed by atoms with E-state index in [1.54, 1.807) is 0 Å². The van der Waals surface area contributed by atoms with Crippen LogP contribution in [0.1, 0.15) is 16.7 Å². The van der Waals surface area contributed by atoms with E-state index in [-0.39, 0.29) is 12.4 Å². The quantitative estimate of drug-likeness (QED) is 0.637. The second-order valence-corrected chi connectivity index (χ2v) is 3.30. The highest BCUT2D eigenvalue weighted by molar-refractivity contribution is 5.85. The lowest BCUT2D eigenvalue weighted by atomic mass is 9.94. The second-order valence-electron chi connectivity index (χ2n) is 3.30. The van der Waals surface area contributed by atoms with Crippen LogP contribution in [0.5, 0.6) is 0 Å². The first-order chi connectivity index (χ1) is 5.77. The van der Waals surface area contributed by atoms with E-state index in [4.69, 9.17) is 0 Å². The molecule has 0 radical (unpaired) electrons. The molecular weight excluding hydrogens is 180 g/mol. The summed E-state index contributed by atoms with van der Waals surface area (Å²) in [6.07, 6.45) is 6.39. The molecule has 0 atom stereocenters. The van der Waals surface area contributed by atoms with Crippen molar-refractivity contribution in [3.05, 3.63) is 53.1 Å². The molecule has 0 heterocycles. The molecule has 1 aromatic carbocycles. The molecule has 0 amide bonds. The molecule has 0 bridgehead atoms. The summed E-state index contributed by atoms with van der Waals surface area (Å²) in [6.45, 7) is 4.29. The maximum Gasteiger partial charge on any atom is -0.0152 e. The van der Waals surface area contributed by atoms with Crippen molar-refractivity contribution in [3.63, 3.8) is 0 Å². The number of halogens is 1. The van der Waals surface area contributed by atoms with Crippen LogP contribution in [0.4, 0.5) is 0 Å². The zero-order valence-corrected chi connectivity index (χ0v) is 8.69. The van der Waals surface area contributed by atoms with E-state index in [1.165, 1.54) is 22.3 Å². The third kappa shape index (κ3) is 1.84. The highest BCUT2D eigenvalue weighted by atomic mass is 35.5. The normalized spacial score (nSPS) is 12.9. The van der Waals surface area contributed by atoms with Gasteiger partial charge in [0, 0.05) is 0 Å². The van der Waals surface area contributed by atoms with Crippen molar-refractivity contribution in [2.24, 2.45) is 0 Å². The molecule has 0 saturated heterocycles. The van der Waals surface area contributed by atoms with Gasteiger partial charge in [-0.25, -0.2) is 0 Å². The van der Waals surface area contributed by atoms with Gasteiger partial charge >= 0.3 is 0 Å². The van der Waals surface area contributed by atoms with Crippen molar-refractivity contribution >= 4 is 18.0 Å². The number of allylic oxidation sites excluding steroid dienone is 4. The lowest BCUT2D eigenvalue weighted by Crippen LogP contribution is -1.91. The van der Waals surface area contributed by atoms with Gasteiger partial charge in [-0.1, -0.05) is 42.0 Å². The van der Waals surface area contributed by atoms with Gasteiger partial charge in [-0.15, -0.1) is 12.4 Å². The van der Waals surface area contributed by atoms with Crippen molar-refractivity contribution in [1.29, 1.82) is 0 Å². The minimum atomic E-state index is 0. The van der Waals surface area contributed by atoms with Gasteiger partial charge in [0.15, 0.2) is 0 Å². The van der Waals surface area contributed by atoms with Crippen molar-refractivity contribution in [3.8, 4) is 0 Å². The fraction of sp³-hybridized carbons (Fsp3) is 0.167. The lowest BCUT2D eigenvalue weighted by Gasteiger charge is -2.11. The van der Waals surface area contributed by atoms with Crippen LogP contribution in [0.25, 0.3) is 5.57 Å². The predicted molar refractivity (Wildman–Crippen MR) is 60.3 cm³/mol. The average Bonchev–Trinajstić information content (AvgIpc) is 1.93. The molecule has 0 saturated carbocycles. The third-order valence-corrected chi connectivity index (χ3v) is 2.26. The molecule has 1 heteroatoms. The fourth-order valence-corrected chi connectivity index (χ4v) is 1.42. The summed E-state index contributed by atoms with van der Waals surface area (Å²) in [5.41, 5.74) is 5.42. The smallest absolute Gasteiger partial charge is 0.0152 e. The molecule has 0 aliphatic heterocycles. The van der Waals surface area contributed by atoms with Crippen molar-refractivity contribution in [2.75, 3.05) is 0 Å². The zero-order chi connectivity index (χ0) is 8.55. The zero-order valence-electron chi connectivity index (χ0n) is 7.87. The van der Waals surface area contributed by atoms with Gasteiger partial charge in [-0.05, 0) is 30.5 Å². The molecule has 1 aromatic rings. The van der Waals surface area contributed by atoms with Gasteiger partial charge in [0.25, 0.3) is 0 Å². The van der Waals surface area contributed by atoms with Gasteiger partial charge in [0.1, 0.15) is 0 Å². The maximum atomic E-state index is 2.24. The van der Waals surface area contributed by atoms with Gasteiger partial charge in [-0.3, -0.25) is 0 Å². The van der Waals surface area contributed by atoms with E-state index in [2.05, 4.69) is 50.3 Å². The average molecular weight is 193 g/mol. The molecule has 2 rings (SSSR count). The Hall–Kier alpha value is -1.01. The Morgan fingerprint density at radius 3 is 2.31 bits per heavy atom. The molecular formula is C12H13Cl. The van der Waals surface area contributed by atoms with Crippen LogP contribution in [0.15, 0.2) is 36.4 Å². The Morgan fingerprint density at radius 2 is 1.77 bits per heavy atom. The van der Waals surface area contributed by atoms with Crippen molar-refractivity contribution < 1.29 is 0 Å². The van der Waals surface area contributed by atoms with Crippen molar-refractivity contribution in [1.82, 2.24) is 0 Å². The summed E-state index contributed by atoms with van der Waals surface area (Å²) in [4.78, 5) is 0. The van der Waals surface area contributed by atoms with E-state index >= 15 is 0 Å². The Labute approximate surface area is 85.4 Å². The minimum Gasteiger partial charge on any atom is -0.147 e. The highest BCUT2D eigenvalue weighted by Gasteiger charge is 2.04. The van der Waals surface area contributed by atoms with Crippen LogP contribution in [0.3, 0.4) is 0 Å². The van der Waals surface area contributed by atoms with Crippen molar-refractivity contribution in [2.45, 2.75) is 13.8 Å². The number of hydrogen-bond donors (Lipinski definition) is 0. The van der Waals surface area contributed by atoms with Crippen LogP contribution < -0.4 is 0 Å². The van der Waals surface area contributed by atoms with E-state index < -0.39 is 0 Å². The van der Waals surface area contributed by atoms with E-state index in [0.717, 1.165) is 0 Å². The molecule has 0 N–H and O–H groups in total. The van der Waals surface area contributed by atoms with Crippen LogP contribution >= 0.6 is 12.4 Å². The molecule has 0 unspecified atom stereocenters. The second kappa shape index (κ2) is 3.80. The number of hydrogen-bond acceptors (Lipinski definition) is 0. The minimum absolute atomic E-state index is 0. The standard InChI is InChI=1S/C12H12.ClH/c1-9-6-7-10(2)12(8-9)11-4-3-5-11;/h3-8H,1-2H3;1H. The summed E-state index contributed by atoms with van der Waals surface area (Å²) in [5, 5.41) is 0. The first-order valence-electron chi connectivity index (χ1n) is 4.23. The van der Waals surface area contributed by atoms with E-state index in [1.807, 2.05) is 0 Å². The SMILES string of the molecule is Cc1ccc(C)c(C2=CC=C2)c1.Cl. The van der Waals surface area contributed by atoms with Crippen LogP contribution in [-0.4, -0.2) is 0 Å². The number of benzene rings is 1. The lowest BCUT2D eigenvalue weighted by molar-refractivity contribution is 1.36. The summed E-state index contributed by atoms with van der Waals surface area (Å²) in [5.74, 6) is 0. The largest absolute Gasteiger partial charge is 0.147 e. The van der Waals surface area contributed by atoms with E-state index in [0.29, 0.717) is 0 Å². The predicted octanol–water partition coefficient (Wildman–Crippen LogP) is 3.68. The highest BCUT2D eigenvalue weighted by Crippen LogP contribution is 2.25. The fourth-order valence-electron chi connectivity index (χ4n) is 1.42. The first-order valence-corrected chi connectivity index (χ1v) is 4.23. The summed E-state index contributed by atoms with van der Waals surface area (Å²) < 4.78 is 0. The molecule has 68 valence electrons. The Morgan fingerprint density at radius 1 is 1.08 bits per heavy atom. The number of aryl methyl sites for hydroxylation is 2. The monoisotopic (exact) mass is 192 g/mol.